The van der Waals surface area contributed by atoms with E-state index in [-0.39, 0.29) is 0 Å². The molecule has 0 unspecified atom stereocenters. The standard InChI is InChI=1S/C9H6ClIO2/c10-8-3-2-7(11)5-6(8)1-4-9(12)13/h1-5H,(H,12,13)/b4-1+. The van der Waals surface area contributed by atoms with Crippen LogP contribution >= 0.6 is 34.2 Å². The van der Waals surface area contributed by atoms with Crippen molar-refractivity contribution in [2.75, 3.05) is 0 Å². The van der Waals surface area contributed by atoms with Crippen molar-refractivity contribution in [1.82, 2.24) is 0 Å². The van der Waals surface area contributed by atoms with Gasteiger partial charge in [-0.15, -0.1) is 0 Å². The Balaban J connectivity index is 3.00. The second-order valence-electron chi connectivity index (χ2n) is 2.34. The minimum atomic E-state index is -0.977. The third-order valence-electron chi connectivity index (χ3n) is 1.36. The Morgan fingerprint density at radius 2 is 2.23 bits per heavy atom. The van der Waals surface area contributed by atoms with Gasteiger partial charge in [0.2, 0.25) is 0 Å². The highest BCUT2D eigenvalue weighted by atomic mass is 127. The molecule has 4 heteroatoms. The fourth-order valence-corrected chi connectivity index (χ4v) is 1.50. The van der Waals surface area contributed by atoms with Crippen LogP contribution in [0.25, 0.3) is 6.08 Å². The number of rotatable bonds is 2. The molecule has 1 rings (SSSR count). The first-order valence-corrected chi connectivity index (χ1v) is 4.91. The van der Waals surface area contributed by atoms with E-state index in [1.54, 1.807) is 6.07 Å². The molecule has 68 valence electrons. The number of halogens is 2. The molecule has 0 heterocycles. The van der Waals surface area contributed by atoms with E-state index < -0.39 is 5.97 Å². The summed E-state index contributed by atoms with van der Waals surface area (Å²) < 4.78 is 1.02. The molecule has 0 amide bonds. The summed E-state index contributed by atoms with van der Waals surface area (Å²) in [7, 11) is 0. The molecule has 0 aliphatic rings. The fraction of sp³-hybridized carbons (Fsp3) is 0. The van der Waals surface area contributed by atoms with Crippen molar-refractivity contribution < 1.29 is 9.90 Å². The lowest BCUT2D eigenvalue weighted by molar-refractivity contribution is -0.131. The third kappa shape index (κ3) is 3.36. The van der Waals surface area contributed by atoms with E-state index in [0.29, 0.717) is 5.02 Å². The average molecular weight is 309 g/mol. The summed E-state index contributed by atoms with van der Waals surface area (Å²) in [5, 5.41) is 8.96. The predicted octanol–water partition coefficient (Wildman–Crippen LogP) is 3.04. The zero-order chi connectivity index (χ0) is 9.84. The van der Waals surface area contributed by atoms with E-state index in [9.17, 15) is 4.79 Å². The summed E-state index contributed by atoms with van der Waals surface area (Å²) in [6.07, 6.45) is 2.55. The number of aliphatic carboxylic acids is 1. The molecule has 0 bridgehead atoms. The molecule has 0 radical (unpaired) electrons. The van der Waals surface area contributed by atoms with Crippen LogP contribution in [-0.2, 0) is 4.79 Å². The molecule has 2 nitrogen and oxygen atoms in total. The van der Waals surface area contributed by atoms with Gasteiger partial charge >= 0.3 is 5.97 Å². The molecule has 0 aromatic heterocycles. The highest BCUT2D eigenvalue weighted by molar-refractivity contribution is 14.1. The fourth-order valence-electron chi connectivity index (χ4n) is 0.803. The van der Waals surface area contributed by atoms with Gasteiger partial charge in [-0.05, 0) is 52.4 Å². The number of hydrogen-bond donors (Lipinski definition) is 1. The lowest BCUT2D eigenvalue weighted by Gasteiger charge is -1.97. The Kier molecular flexibility index (Phi) is 3.74. The van der Waals surface area contributed by atoms with E-state index in [4.69, 9.17) is 16.7 Å². The largest absolute Gasteiger partial charge is 0.478 e. The summed E-state index contributed by atoms with van der Waals surface area (Å²) in [5.74, 6) is -0.977. The van der Waals surface area contributed by atoms with Crippen LogP contribution in [0.5, 0.6) is 0 Å². The molecule has 13 heavy (non-hydrogen) atoms. The topological polar surface area (TPSA) is 37.3 Å². The van der Waals surface area contributed by atoms with Gasteiger partial charge in [0, 0.05) is 14.7 Å². The molecule has 0 saturated carbocycles. The minimum absolute atomic E-state index is 0.554. The lowest BCUT2D eigenvalue weighted by Crippen LogP contribution is -1.86. The maximum absolute atomic E-state index is 10.2. The maximum atomic E-state index is 10.2. The minimum Gasteiger partial charge on any atom is -0.478 e. The zero-order valence-corrected chi connectivity index (χ0v) is 9.41. The summed E-state index contributed by atoms with van der Waals surface area (Å²) in [6.45, 7) is 0. The molecule has 0 aliphatic carbocycles. The smallest absolute Gasteiger partial charge is 0.328 e. The van der Waals surface area contributed by atoms with Crippen molar-refractivity contribution in [3.05, 3.63) is 38.4 Å². The molecule has 1 N–H and O–H groups in total. The van der Waals surface area contributed by atoms with E-state index in [0.717, 1.165) is 15.2 Å². The number of carboxylic acids is 1. The molecule has 0 aliphatic heterocycles. The Hall–Kier alpha value is -0.550. The van der Waals surface area contributed by atoms with E-state index in [2.05, 4.69) is 22.6 Å². The van der Waals surface area contributed by atoms with Crippen LogP contribution < -0.4 is 0 Å². The SMILES string of the molecule is O=C(O)/C=C/c1cc(I)ccc1Cl. The van der Waals surface area contributed by atoms with Crippen molar-refractivity contribution in [2.45, 2.75) is 0 Å². The first-order chi connectivity index (χ1) is 6.09. The summed E-state index contributed by atoms with van der Waals surface area (Å²) in [6, 6.07) is 5.42. The van der Waals surface area contributed by atoms with E-state index >= 15 is 0 Å². The van der Waals surface area contributed by atoms with E-state index in [1.165, 1.54) is 6.08 Å². The van der Waals surface area contributed by atoms with Crippen molar-refractivity contribution in [2.24, 2.45) is 0 Å². The van der Waals surface area contributed by atoms with Crippen LogP contribution in [0.15, 0.2) is 24.3 Å². The van der Waals surface area contributed by atoms with Crippen LogP contribution in [0.3, 0.4) is 0 Å². The number of hydrogen-bond acceptors (Lipinski definition) is 1. The van der Waals surface area contributed by atoms with Gasteiger partial charge in [-0.2, -0.15) is 0 Å². The van der Waals surface area contributed by atoms with Gasteiger partial charge in [0.25, 0.3) is 0 Å². The molecular formula is C9H6ClIO2. The normalized spacial score (nSPS) is 10.6. The van der Waals surface area contributed by atoms with E-state index in [1.807, 2.05) is 12.1 Å². The molecule has 0 fully saturated rings. The Labute approximate surface area is 94.4 Å². The number of carbonyl (C=O) groups is 1. The first-order valence-electron chi connectivity index (χ1n) is 3.45. The highest BCUT2D eigenvalue weighted by Gasteiger charge is 1.97. The van der Waals surface area contributed by atoms with Gasteiger partial charge in [-0.25, -0.2) is 4.79 Å². The quantitative estimate of drug-likeness (QED) is 0.673. The molecular weight excluding hydrogens is 302 g/mol. The van der Waals surface area contributed by atoms with Gasteiger partial charge < -0.3 is 5.11 Å². The van der Waals surface area contributed by atoms with Gasteiger partial charge in [-0.3, -0.25) is 0 Å². The van der Waals surface area contributed by atoms with Crippen LogP contribution in [0, 0.1) is 3.57 Å². The Morgan fingerprint density at radius 3 is 2.85 bits per heavy atom. The Bertz CT molecular complexity index is 361. The average Bonchev–Trinajstić information content (AvgIpc) is 2.06. The van der Waals surface area contributed by atoms with Crippen LogP contribution in [0.2, 0.25) is 5.02 Å². The van der Waals surface area contributed by atoms with Crippen molar-refractivity contribution >= 4 is 46.2 Å². The highest BCUT2D eigenvalue weighted by Crippen LogP contribution is 2.19. The second kappa shape index (κ2) is 4.62. The molecule has 1 aromatic carbocycles. The van der Waals surface area contributed by atoms with Crippen LogP contribution in [0.4, 0.5) is 0 Å². The third-order valence-corrected chi connectivity index (χ3v) is 2.38. The van der Waals surface area contributed by atoms with Crippen LogP contribution in [-0.4, -0.2) is 11.1 Å². The number of carboxylic acid groups (broad SMARTS) is 1. The molecule has 0 saturated heterocycles. The molecule has 0 spiro atoms. The maximum Gasteiger partial charge on any atom is 0.328 e. The lowest BCUT2D eigenvalue weighted by atomic mass is 10.2. The monoisotopic (exact) mass is 308 g/mol. The Morgan fingerprint density at radius 1 is 1.54 bits per heavy atom. The van der Waals surface area contributed by atoms with Gasteiger partial charge in [0.1, 0.15) is 0 Å². The van der Waals surface area contributed by atoms with Gasteiger partial charge in [0.15, 0.2) is 0 Å². The molecule has 0 atom stereocenters. The summed E-state index contributed by atoms with van der Waals surface area (Å²) >= 11 is 7.97. The number of benzene rings is 1. The summed E-state index contributed by atoms with van der Waals surface area (Å²) in [5.41, 5.74) is 0.718. The molecule has 1 aromatic rings. The second-order valence-corrected chi connectivity index (χ2v) is 3.99. The first kappa shape index (κ1) is 10.5. The van der Waals surface area contributed by atoms with Crippen molar-refractivity contribution in [3.63, 3.8) is 0 Å². The van der Waals surface area contributed by atoms with Gasteiger partial charge in [-0.1, -0.05) is 11.6 Å². The zero-order valence-electron chi connectivity index (χ0n) is 6.50. The predicted molar refractivity (Wildman–Crippen MR) is 60.8 cm³/mol. The summed E-state index contributed by atoms with van der Waals surface area (Å²) in [4.78, 5) is 10.2. The van der Waals surface area contributed by atoms with Gasteiger partial charge in [0.05, 0.1) is 0 Å². The van der Waals surface area contributed by atoms with Crippen molar-refractivity contribution in [1.29, 1.82) is 0 Å². The van der Waals surface area contributed by atoms with Crippen molar-refractivity contribution in [3.8, 4) is 0 Å². The van der Waals surface area contributed by atoms with Crippen LogP contribution in [0.1, 0.15) is 5.56 Å².